The summed E-state index contributed by atoms with van der Waals surface area (Å²) in [5.74, 6) is -0.806. The van der Waals surface area contributed by atoms with Gasteiger partial charge in [-0.05, 0) is 31.2 Å². The number of hydrogen-bond donors (Lipinski definition) is 1. The van der Waals surface area contributed by atoms with Gasteiger partial charge in [0.15, 0.2) is 0 Å². The molecule has 0 radical (unpaired) electrons. The number of methoxy groups -OCH3 is 1. The minimum atomic E-state index is -0.520. The van der Waals surface area contributed by atoms with E-state index in [2.05, 4.69) is 5.32 Å². The molecule has 0 aliphatic carbocycles. The Kier molecular flexibility index (Phi) is 5.40. The Morgan fingerprint density at radius 3 is 2.30 bits per heavy atom. The van der Waals surface area contributed by atoms with Crippen LogP contribution in [0.15, 0.2) is 53.3 Å². The number of rotatable bonds is 6. The van der Waals surface area contributed by atoms with Gasteiger partial charge in [-0.1, -0.05) is 24.3 Å². The van der Waals surface area contributed by atoms with Crippen molar-refractivity contribution in [2.45, 2.75) is 26.4 Å². The van der Waals surface area contributed by atoms with Gasteiger partial charge < -0.3 is 10.1 Å². The van der Waals surface area contributed by atoms with Crippen molar-refractivity contribution >= 4 is 28.6 Å². The minimum absolute atomic E-state index is 0.104. The van der Waals surface area contributed by atoms with Gasteiger partial charge in [-0.15, -0.1) is 0 Å². The number of para-hydroxylation sites is 3. The third-order valence-electron chi connectivity index (χ3n) is 4.41. The van der Waals surface area contributed by atoms with Gasteiger partial charge in [0.05, 0.1) is 29.4 Å². The van der Waals surface area contributed by atoms with Crippen LogP contribution >= 0.6 is 0 Å². The maximum atomic E-state index is 12.6. The summed E-state index contributed by atoms with van der Waals surface area (Å²) in [6.07, 6.45) is 0.104. The molecule has 0 spiro atoms. The molecule has 7 heteroatoms. The first-order chi connectivity index (χ1) is 13.1. The number of benzene rings is 2. The highest BCUT2D eigenvalue weighted by atomic mass is 16.5. The zero-order valence-corrected chi connectivity index (χ0v) is 15.3. The van der Waals surface area contributed by atoms with Crippen molar-refractivity contribution in [1.29, 1.82) is 0 Å². The van der Waals surface area contributed by atoms with Crippen molar-refractivity contribution in [3.8, 4) is 0 Å². The fraction of sp³-hybridized carbons (Fsp3) is 0.250. The molecule has 0 unspecified atom stereocenters. The summed E-state index contributed by atoms with van der Waals surface area (Å²) in [6.45, 7) is 2.72. The van der Waals surface area contributed by atoms with E-state index in [1.165, 1.54) is 7.11 Å². The van der Waals surface area contributed by atoms with Crippen LogP contribution in [-0.4, -0.2) is 28.1 Å². The molecule has 1 aromatic heterocycles. The molecule has 0 aliphatic heterocycles. The highest BCUT2D eigenvalue weighted by Crippen LogP contribution is 2.17. The standard InChI is InChI=1S/C20H21N3O4/c1-3-22-16-10-6-7-11-17(16)23(20(22)26)13-12-18(24)21-15-9-5-4-8-14(15)19(25)27-2/h4-11H,3,12-13H2,1-2H3,(H,21,24). The number of carbonyl (C=O) groups is 2. The number of aryl methyl sites for hydroxylation is 2. The van der Waals surface area contributed by atoms with Crippen LogP contribution in [0, 0.1) is 0 Å². The van der Waals surface area contributed by atoms with Gasteiger partial charge in [-0.3, -0.25) is 13.9 Å². The Morgan fingerprint density at radius 2 is 1.63 bits per heavy atom. The van der Waals surface area contributed by atoms with Gasteiger partial charge in [-0.25, -0.2) is 9.59 Å². The first-order valence-electron chi connectivity index (χ1n) is 8.72. The SMILES string of the molecule is CCn1c(=O)n(CCC(=O)Nc2ccccc2C(=O)OC)c2ccccc21. The third-order valence-corrected chi connectivity index (χ3v) is 4.41. The third kappa shape index (κ3) is 3.62. The molecule has 7 nitrogen and oxygen atoms in total. The van der Waals surface area contributed by atoms with E-state index in [9.17, 15) is 14.4 Å². The van der Waals surface area contributed by atoms with E-state index in [4.69, 9.17) is 4.74 Å². The topological polar surface area (TPSA) is 82.3 Å². The number of amides is 1. The molecule has 1 heterocycles. The lowest BCUT2D eigenvalue weighted by Crippen LogP contribution is -2.26. The van der Waals surface area contributed by atoms with Gasteiger partial charge in [0.2, 0.25) is 5.91 Å². The van der Waals surface area contributed by atoms with Crippen molar-refractivity contribution in [2.24, 2.45) is 0 Å². The Bertz CT molecular complexity index is 1050. The second-order valence-electron chi connectivity index (χ2n) is 6.00. The molecule has 0 fully saturated rings. The van der Waals surface area contributed by atoms with Crippen LogP contribution in [0.4, 0.5) is 5.69 Å². The van der Waals surface area contributed by atoms with E-state index in [0.29, 0.717) is 12.2 Å². The van der Waals surface area contributed by atoms with Crippen molar-refractivity contribution in [3.05, 3.63) is 64.6 Å². The number of imidazole rings is 1. The zero-order chi connectivity index (χ0) is 19.4. The number of carbonyl (C=O) groups excluding carboxylic acids is 2. The summed E-state index contributed by atoms with van der Waals surface area (Å²) in [4.78, 5) is 36.8. The molecular formula is C20H21N3O4. The Morgan fingerprint density at radius 1 is 1.00 bits per heavy atom. The van der Waals surface area contributed by atoms with Crippen molar-refractivity contribution in [3.63, 3.8) is 0 Å². The fourth-order valence-electron chi connectivity index (χ4n) is 3.10. The van der Waals surface area contributed by atoms with Gasteiger partial charge in [-0.2, -0.15) is 0 Å². The predicted molar refractivity (Wildman–Crippen MR) is 103 cm³/mol. The number of hydrogen-bond acceptors (Lipinski definition) is 4. The number of aromatic nitrogens is 2. The summed E-state index contributed by atoms with van der Waals surface area (Å²) in [5.41, 5.74) is 2.18. The summed E-state index contributed by atoms with van der Waals surface area (Å²) in [5, 5.41) is 2.72. The van der Waals surface area contributed by atoms with Crippen LogP contribution in [-0.2, 0) is 22.6 Å². The number of nitrogens with zero attached hydrogens (tertiary/aromatic N) is 2. The molecule has 0 aliphatic rings. The minimum Gasteiger partial charge on any atom is -0.465 e. The average molecular weight is 367 g/mol. The fourth-order valence-corrected chi connectivity index (χ4v) is 3.10. The summed E-state index contributed by atoms with van der Waals surface area (Å²) in [6, 6.07) is 14.2. The van der Waals surface area contributed by atoms with Gasteiger partial charge in [0, 0.05) is 19.5 Å². The maximum absolute atomic E-state index is 12.6. The Balaban J connectivity index is 1.78. The number of anilines is 1. The summed E-state index contributed by atoms with van der Waals surface area (Å²) in [7, 11) is 1.29. The molecule has 0 saturated heterocycles. The molecule has 0 atom stereocenters. The number of nitrogens with one attached hydrogen (secondary N) is 1. The first kappa shape index (κ1) is 18.4. The number of ether oxygens (including phenoxy) is 1. The van der Waals surface area contributed by atoms with Crippen LogP contribution in [0.25, 0.3) is 11.0 Å². The van der Waals surface area contributed by atoms with Crippen LogP contribution in [0.3, 0.4) is 0 Å². The molecule has 27 heavy (non-hydrogen) atoms. The average Bonchev–Trinajstić information content (AvgIpc) is 2.96. The molecule has 3 rings (SSSR count). The normalized spacial score (nSPS) is 10.7. The van der Waals surface area contributed by atoms with E-state index in [0.717, 1.165) is 11.0 Å². The molecular weight excluding hydrogens is 346 g/mol. The molecule has 2 aromatic carbocycles. The van der Waals surface area contributed by atoms with Crippen molar-refractivity contribution in [1.82, 2.24) is 9.13 Å². The van der Waals surface area contributed by atoms with Crippen LogP contribution < -0.4 is 11.0 Å². The molecule has 1 N–H and O–H groups in total. The quantitative estimate of drug-likeness (QED) is 0.679. The highest BCUT2D eigenvalue weighted by molar-refractivity contribution is 6.01. The Hall–Kier alpha value is -3.35. The van der Waals surface area contributed by atoms with Crippen LogP contribution in [0.1, 0.15) is 23.7 Å². The van der Waals surface area contributed by atoms with Crippen LogP contribution in [0.5, 0.6) is 0 Å². The first-order valence-corrected chi connectivity index (χ1v) is 8.72. The zero-order valence-electron chi connectivity index (χ0n) is 15.3. The van der Waals surface area contributed by atoms with E-state index >= 15 is 0 Å². The van der Waals surface area contributed by atoms with E-state index in [-0.39, 0.29) is 30.1 Å². The smallest absolute Gasteiger partial charge is 0.339 e. The monoisotopic (exact) mass is 367 g/mol. The van der Waals surface area contributed by atoms with Gasteiger partial charge in [0.1, 0.15) is 0 Å². The summed E-state index contributed by atoms with van der Waals surface area (Å²) >= 11 is 0. The summed E-state index contributed by atoms with van der Waals surface area (Å²) < 4.78 is 8.01. The lowest BCUT2D eigenvalue weighted by molar-refractivity contribution is -0.116. The lowest BCUT2D eigenvalue weighted by Gasteiger charge is -2.10. The second kappa shape index (κ2) is 7.90. The molecule has 0 saturated carbocycles. The van der Waals surface area contributed by atoms with Crippen molar-refractivity contribution < 1.29 is 14.3 Å². The largest absolute Gasteiger partial charge is 0.465 e. The second-order valence-corrected chi connectivity index (χ2v) is 6.00. The van der Waals surface area contributed by atoms with Crippen molar-refractivity contribution in [2.75, 3.05) is 12.4 Å². The Labute approximate surface area is 156 Å². The molecule has 140 valence electrons. The maximum Gasteiger partial charge on any atom is 0.339 e. The van der Waals surface area contributed by atoms with E-state index in [1.807, 2.05) is 31.2 Å². The van der Waals surface area contributed by atoms with Crippen LogP contribution in [0.2, 0.25) is 0 Å². The molecule has 1 amide bonds. The van der Waals surface area contributed by atoms with E-state index < -0.39 is 5.97 Å². The molecule has 0 bridgehead atoms. The van der Waals surface area contributed by atoms with Gasteiger partial charge >= 0.3 is 11.7 Å². The van der Waals surface area contributed by atoms with E-state index in [1.54, 1.807) is 33.4 Å². The molecule has 3 aromatic rings. The predicted octanol–water partition coefficient (Wildman–Crippen LogP) is 2.64. The number of esters is 1. The lowest BCUT2D eigenvalue weighted by atomic mass is 10.1. The van der Waals surface area contributed by atoms with Gasteiger partial charge in [0.25, 0.3) is 0 Å². The highest BCUT2D eigenvalue weighted by Gasteiger charge is 2.15. The number of fused-ring (bicyclic) bond motifs is 1.